The molecule has 0 aliphatic rings. The van der Waals surface area contributed by atoms with E-state index in [2.05, 4.69) is 9.35 Å². The van der Waals surface area contributed by atoms with Crippen LogP contribution >= 0.6 is 0 Å². The van der Waals surface area contributed by atoms with Crippen molar-refractivity contribution in [1.82, 2.24) is 4.98 Å². The fraction of sp³-hybridized carbons (Fsp3) is 0.455. The summed E-state index contributed by atoms with van der Waals surface area (Å²) in [5.41, 5.74) is 0. The summed E-state index contributed by atoms with van der Waals surface area (Å²) >= 11 is 0. The largest absolute Gasteiger partial charge is 0.272 e. The molecule has 94 valence electrons. The highest BCUT2D eigenvalue weighted by Gasteiger charge is 2.10. The van der Waals surface area contributed by atoms with E-state index in [4.69, 9.17) is 5.14 Å². The number of rotatable bonds is 4. The Balaban J connectivity index is 2.84. The number of carbonyl (C=O) groups excluding carboxylic acids is 1. The second kappa shape index (κ2) is 5.88. The molecule has 0 aliphatic carbocycles. The van der Waals surface area contributed by atoms with E-state index < -0.39 is 15.8 Å². The second-order valence-corrected chi connectivity index (χ2v) is 5.96. The highest BCUT2D eigenvalue weighted by atomic mass is 32.2. The van der Waals surface area contributed by atoms with Crippen LogP contribution < -0.4 is 5.14 Å². The molecule has 1 aromatic rings. The highest BCUT2D eigenvalue weighted by molar-refractivity contribution is 7.91. The molecule has 1 unspecified atom stereocenters. The zero-order valence-corrected chi connectivity index (χ0v) is 10.8. The average molecular weight is 255 g/mol. The minimum Gasteiger partial charge on any atom is -0.272 e. The summed E-state index contributed by atoms with van der Waals surface area (Å²) in [4.78, 5) is 15.6. The summed E-state index contributed by atoms with van der Waals surface area (Å²) < 4.78 is 15.6. The lowest BCUT2D eigenvalue weighted by Gasteiger charge is -2.04. The molecule has 1 rings (SSSR count). The molecule has 1 heterocycles. The third kappa shape index (κ3) is 4.62. The van der Waals surface area contributed by atoms with Gasteiger partial charge in [-0.25, -0.2) is 9.35 Å². The molecule has 1 aromatic heterocycles. The van der Waals surface area contributed by atoms with Crippen LogP contribution in [0, 0.1) is 5.92 Å². The first-order valence-corrected chi connectivity index (χ1v) is 6.97. The molecule has 0 spiro atoms. The first kappa shape index (κ1) is 13.8. The summed E-state index contributed by atoms with van der Waals surface area (Å²) in [5.74, 6) is -0.00749. The molecular formula is C11H17N3O2S. The van der Waals surface area contributed by atoms with Gasteiger partial charge in [0.1, 0.15) is 9.92 Å². The fourth-order valence-corrected chi connectivity index (χ4v) is 2.21. The molecule has 5 nitrogen and oxygen atoms in total. The number of amides is 1. The number of nitrogens with zero attached hydrogens (tertiary/aromatic N) is 2. The van der Waals surface area contributed by atoms with Crippen LogP contribution in [-0.4, -0.2) is 15.1 Å². The standard InChI is InChI=1S/C11H17N3O2S/c1-9(2)3-4-11(15)14-17(12,16)10-5-7-13-8-6-10/h5-9H,3-4H2,1-2H3,(H2,12,14,15,16). The maximum atomic E-state index is 12.0. The topological polar surface area (TPSA) is 85.4 Å². The molecule has 0 saturated carbocycles. The Labute approximate surface area is 102 Å². The normalized spacial score (nSPS) is 14.4. The average Bonchev–Trinajstić information content (AvgIpc) is 2.27. The van der Waals surface area contributed by atoms with Crippen LogP contribution in [-0.2, 0) is 14.7 Å². The van der Waals surface area contributed by atoms with Crippen molar-refractivity contribution in [3.63, 3.8) is 0 Å². The SMILES string of the molecule is CC(C)CCC(=O)N=S(N)(=O)c1ccncc1. The number of pyridine rings is 1. The van der Waals surface area contributed by atoms with Crippen molar-refractivity contribution in [3.05, 3.63) is 24.5 Å². The predicted octanol–water partition coefficient (Wildman–Crippen LogP) is 1.75. The van der Waals surface area contributed by atoms with E-state index >= 15 is 0 Å². The van der Waals surface area contributed by atoms with Crippen molar-refractivity contribution >= 4 is 15.8 Å². The zero-order chi connectivity index (χ0) is 12.9. The van der Waals surface area contributed by atoms with Crippen molar-refractivity contribution in [3.8, 4) is 0 Å². The van der Waals surface area contributed by atoms with Gasteiger partial charge in [0, 0.05) is 18.8 Å². The summed E-state index contributed by atoms with van der Waals surface area (Å²) in [6, 6.07) is 3.00. The third-order valence-electron chi connectivity index (χ3n) is 2.16. The van der Waals surface area contributed by atoms with Gasteiger partial charge in [-0.05, 0) is 24.5 Å². The molecule has 6 heteroatoms. The number of hydrogen-bond acceptors (Lipinski definition) is 3. The van der Waals surface area contributed by atoms with Crippen molar-refractivity contribution in [2.75, 3.05) is 0 Å². The minimum atomic E-state index is -3.12. The van der Waals surface area contributed by atoms with Crippen molar-refractivity contribution in [2.24, 2.45) is 15.4 Å². The van der Waals surface area contributed by atoms with E-state index in [1.165, 1.54) is 24.5 Å². The fourth-order valence-electron chi connectivity index (χ4n) is 1.19. The summed E-state index contributed by atoms with van der Waals surface area (Å²) in [6.07, 6.45) is 3.93. The number of aromatic nitrogens is 1. The second-order valence-electron chi connectivity index (χ2n) is 4.17. The van der Waals surface area contributed by atoms with Gasteiger partial charge in [0.05, 0.1) is 4.90 Å². The monoisotopic (exact) mass is 255 g/mol. The molecule has 0 aromatic carbocycles. The Kier molecular flexibility index (Phi) is 4.77. The molecule has 2 N–H and O–H groups in total. The number of hydrogen-bond donors (Lipinski definition) is 1. The number of nitrogens with two attached hydrogens (primary N) is 1. The molecular weight excluding hydrogens is 238 g/mol. The Morgan fingerprint density at radius 3 is 2.59 bits per heavy atom. The van der Waals surface area contributed by atoms with Crippen LogP contribution in [0.25, 0.3) is 0 Å². The quantitative estimate of drug-likeness (QED) is 0.889. The van der Waals surface area contributed by atoms with Gasteiger partial charge in [0.15, 0.2) is 0 Å². The van der Waals surface area contributed by atoms with Gasteiger partial charge in [-0.1, -0.05) is 13.8 Å². The van der Waals surface area contributed by atoms with E-state index in [1.54, 1.807) is 0 Å². The molecule has 0 aliphatic heterocycles. The van der Waals surface area contributed by atoms with Crippen LogP contribution in [0.4, 0.5) is 0 Å². The molecule has 17 heavy (non-hydrogen) atoms. The summed E-state index contributed by atoms with van der Waals surface area (Å²) in [7, 11) is -3.12. The van der Waals surface area contributed by atoms with Crippen LogP contribution in [0.5, 0.6) is 0 Å². The third-order valence-corrected chi connectivity index (χ3v) is 3.58. The van der Waals surface area contributed by atoms with Gasteiger partial charge in [-0.3, -0.25) is 9.78 Å². The van der Waals surface area contributed by atoms with Crippen LogP contribution in [0.1, 0.15) is 26.7 Å². The predicted molar refractivity (Wildman–Crippen MR) is 66.3 cm³/mol. The molecule has 0 bridgehead atoms. The minimum absolute atomic E-state index is 0.275. The van der Waals surface area contributed by atoms with Gasteiger partial charge in [-0.2, -0.15) is 0 Å². The lowest BCUT2D eigenvalue weighted by molar-refractivity contribution is -0.117. The van der Waals surface area contributed by atoms with E-state index in [9.17, 15) is 9.00 Å². The number of carbonyl (C=O) groups is 1. The lowest BCUT2D eigenvalue weighted by Crippen LogP contribution is -2.15. The Bertz CT molecular complexity index is 491. The van der Waals surface area contributed by atoms with Crippen molar-refractivity contribution < 1.29 is 9.00 Å². The van der Waals surface area contributed by atoms with E-state index in [0.29, 0.717) is 17.2 Å². The van der Waals surface area contributed by atoms with Crippen LogP contribution in [0.15, 0.2) is 33.8 Å². The Morgan fingerprint density at radius 1 is 1.47 bits per heavy atom. The van der Waals surface area contributed by atoms with Crippen LogP contribution in [0.2, 0.25) is 0 Å². The van der Waals surface area contributed by atoms with Crippen LogP contribution in [0.3, 0.4) is 0 Å². The molecule has 0 fully saturated rings. The van der Waals surface area contributed by atoms with Gasteiger partial charge in [0.2, 0.25) is 0 Å². The summed E-state index contributed by atoms with van der Waals surface area (Å²) in [6.45, 7) is 4.02. The smallest absolute Gasteiger partial charge is 0.255 e. The molecule has 1 atom stereocenters. The first-order chi connectivity index (χ1) is 7.92. The van der Waals surface area contributed by atoms with E-state index in [-0.39, 0.29) is 6.42 Å². The van der Waals surface area contributed by atoms with Gasteiger partial charge < -0.3 is 0 Å². The first-order valence-electron chi connectivity index (χ1n) is 5.39. The molecule has 0 saturated heterocycles. The van der Waals surface area contributed by atoms with Crippen molar-refractivity contribution in [1.29, 1.82) is 0 Å². The Hall–Kier alpha value is -1.27. The van der Waals surface area contributed by atoms with Crippen molar-refractivity contribution in [2.45, 2.75) is 31.6 Å². The van der Waals surface area contributed by atoms with E-state index in [1.807, 2.05) is 13.8 Å². The zero-order valence-electron chi connectivity index (χ0n) is 10.00. The Morgan fingerprint density at radius 2 is 2.06 bits per heavy atom. The lowest BCUT2D eigenvalue weighted by atomic mass is 10.1. The summed E-state index contributed by atoms with van der Waals surface area (Å²) in [5, 5.41) is 5.56. The van der Waals surface area contributed by atoms with Gasteiger partial charge >= 0.3 is 0 Å². The maximum Gasteiger partial charge on any atom is 0.255 e. The van der Waals surface area contributed by atoms with Gasteiger partial charge in [0.25, 0.3) is 5.91 Å². The van der Waals surface area contributed by atoms with Gasteiger partial charge in [-0.15, -0.1) is 4.36 Å². The van der Waals surface area contributed by atoms with E-state index in [0.717, 1.165) is 0 Å². The highest BCUT2D eigenvalue weighted by Crippen LogP contribution is 2.09. The molecule has 1 amide bonds. The maximum absolute atomic E-state index is 12.0. The molecule has 0 radical (unpaired) electrons.